The summed E-state index contributed by atoms with van der Waals surface area (Å²) < 4.78 is 25.0. The monoisotopic (exact) mass is 446 g/mol. The Morgan fingerprint density at radius 1 is 1.00 bits per heavy atom. The van der Waals surface area contributed by atoms with Crippen LogP contribution in [-0.2, 0) is 18.9 Å². The van der Waals surface area contributed by atoms with Crippen molar-refractivity contribution in [3.63, 3.8) is 0 Å². The molecule has 0 amide bonds. The molecule has 0 unspecified atom stereocenters. The van der Waals surface area contributed by atoms with E-state index in [9.17, 15) is 5.11 Å². The van der Waals surface area contributed by atoms with Gasteiger partial charge in [-0.1, -0.05) is 45.3 Å². The lowest BCUT2D eigenvalue weighted by Crippen LogP contribution is -2.65. The third-order valence-electron chi connectivity index (χ3n) is 10.7. The maximum Gasteiger partial charge on any atom is 0.174 e. The predicted molar refractivity (Wildman–Crippen MR) is 121 cm³/mol. The van der Waals surface area contributed by atoms with E-state index in [1.807, 2.05) is 0 Å². The molecule has 0 aromatic heterocycles. The largest absolute Gasteiger partial charge is 0.390 e. The van der Waals surface area contributed by atoms with Crippen LogP contribution in [0.5, 0.6) is 0 Å². The van der Waals surface area contributed by atoms with Crippen LogP contribution in [-0.4, -0.2) is 48.7 Å². The molecule has 5 heteroatoms. The molecule has 6 rings (SSSR count). The summed E-state index contributed by atoms with van der Waals surface area (Å²) in [7, 11) is 0. The first-order valence-corrected chi connectivity index (χ1v) is 13.3. The number of hydrogen-bond donors (Lipinski definition) is 1. The van der Waals surface area contributed by atoms with Gasteiger partial charge >= 0.3 is 0 Å². The molecule has 5 fully saturated rings. The zero-order chi connectivity index (χ0) is 22.2. The van der Waals surface area contributed by atoms with E-state index in [0.29, 0.717) is 38.3 Å². The van der Waals surface area contributed by atoms with E-state index < -0.39 is 17.2 Å². The number of rotatable bonds is 3. The van der Waals surface area contributed by atoms with Crippen LogP contribution in [0, 0.1) is 28.6 Å². The zero-order valence-electron chi connectivity index (χ0n) is 20.3. The number of aliphatic hydroxyl groups is 1. The summed E-state index contributed by atoms with van der Waals surface area (Å²) in [6, 6.07) is 0. The van der Waals surface area contributed by atoms with E-state index >= 15 is 0 Å². The third-order valence-corrected chi connectivity index (χ3v) is 10.7. The standard InChI is InChI=1S/C27H42O5/c1-4-5-9-25(28)18-24(3)21(8-10-27(24)31-15-16-32-27)20-7-6-19-17-26(29-13-14-30-26)12-11-23(19,2)22(20)25/h6,20-22,28H,4-5,7-18H2,1-3H3/t20-,21-,22-,23-,24-,25-/m0/s1. The summed E-state index contributed by atoms with van der Waals surface area (Å²) in [6.45, 7) is 9.85. The van der Waals surface area contributed by atoms with Gasteiger partial charge in [-0.05, 0) is 49.4 Å². The lowest BCUT2D eigenvalue weighted by molar-refractivity contribution is -0.279. The van der Waals surface area contributed by atoms with E-state index in [4.69, 9.17) is 18.9 Å². The first kappa shape index (κ1) is 22.0. The molecule has 2 spiro atoms. The van der Waals surface area contributed by atoms with Gasteiger partial charge in [0, 0.05) is 30.6 Å². The summed E-state index contributed by atoms with van der Waals surface area (Å²) in [5.74, 6) is 0.407. The Hall–Kier alpha value is -0.460. The number of unbranched alkanes of at least 4 members (excludes halogenated alkanes) is 1. The smallest absolute Gasteiger partial charge is 0.174 e. The fourth-order valence-corrected chi connectivity index (χ4v) is 9.46. The van der Waals surface area contributed by atoms with Crippen molar-refractivity contribution in [2.45, 2.75) is 102 Å². The van der Waals surface area contributed by atoms with Gasteiger partial charge in [0.2, 0.25) is 0 Å². The lowest BCUT2D eigenvalue weighted by atomic mass is 9.42. The van der Waals surface area contributed by atoms with E-state index in [1.54, 1.807) is 0 Å². The molecule has 6 aliphatic rings. The van der Waals surface area contributed by atoms with Crippen LogP contribution in [0.2, 0.25) is 0 Å². The Morgan fingerprint density at radius 2 is 1.72 bits per heavy atom. The molecule has 6 atom stereocenters. The molecule has 4 aliphatic carbocycles. The Bertz CT molecular complexity index is 781. The van der Waals surface area contributed by atoms with Crippen molar-refractivity contribution in [2.75, 3.05) is 26.4 Å². The van der Waals surface area contributed by atoms with Gasteiger partial charge in [0.05, 0.1) is 32.0 Å². The van der Waals surface area contributed by atoms with E-state index in [0.717, 1.165) is 64.2 Å². The number of allylic oxidation sites excluding steroid dienone is 1. The summed E-state index contributed by atoms with van der Waals surface area (Å²) >= 11 is 0. The van der Waals surface area contributed by atoms with Crippen LogP contribution in [0.4, 0.5) is 0 Å². The summed E-state index contributed by atoms with van der Waals surface area (Å²) in [5.41, 5.74) is 0.684. The Labute approximate surface area is 193 Å². The summed E-state index contributed by atoms with van der Waals surface area (Å²) in [5, 5.41) is 12.6. The summed E-state index contributed by atoms with van der Waals surface area (Å²) in [4.78, 5) is 0. The second kappa shape index (κ2) is 7.27. The molecule has 180 valence electrons. The van der Waals surface area contributed by atoms with Crippen molar-refractivity contribution in [3.05, 3.63) is 11.6 Å². The first-order valence-electron chi connectivity index (χ1n) is 13.3. The molecule has 0 aromatic rings. The van der Waals surface area contributed by atoms with Crippen LogP contribution in [0.25, 0.3) is 0 Å². The van der Waals surface area contributed by atoms with Gasteiger partial charge in [0.1, 0.15) is 0 Å². The maximum atomic E-state index is 12.6. The van der Waals surface area contributed by atoms with Crippen molar-refractivity contribution in [2.24, 2.45) is 28.6 Å². The second-order valence-corrected chi connectivity index (χ2v) is 12.2. The molecule has 0 radical (unpaired) electrons. The quantitative estimate of drug-likeness (QED) is 0.621. The van der Waals surface area contributed by atoms with Crippen molar-refractivity contribution in [3.8, 4) is 0 Å². The van der Waals surface area contributed by atoms with Gasteiger partial charge in [0.25, 0.3) is 0 Å². The number of ether oxygens (including phenoxy) is 4. The molecule has 0 aromatic carbocycles. The highest BCUT2D eigenvalue weighted by molar-refractivity contribution is 5.30. The van der Waals surface area contributed by atoms with E-state index in [2.05, 4.69) is 26.8 Å². The molecular formula is C27H42O5. The Kier molecular flexibility index (Phi) is 5.01. The average Bonchev–Trinajstić information content (AvgIpc) is 3.49. The van der Waals surface area contributed by atoms with Crippen LogP contribution < -0.4 is 0 Å². The summed E-state index contributed by atoms with van der Waals surface area (Å²) in [6.07, 6.45) is 12.4. The minimum Gasteiger partial charge on any atom is -0.390 e. The topological polar surface area (TPSA) is 57.2 Å². The molecule has 2 heterocycles. The van der Waals surface area contributed by atoms with Crippen molar-refractivity contribution in [1.29, 1.82) is 0 Å². The van der Waals surface area contributed by atoms with Crippen molar-refractivity contribution >= 4 is 0 Å². The fourth-order valence-electron chi connectivity index (χ4n) is 9.46. The van der Waals surface area contributed by atoms with Crippen LogP contribution in [0.15, 0.2) is 11.6 Å². The molecule has 5 nitrogen and oxygen atoms in total. The van der Waals surface area contributed by atoms with Gasteiger partial charge in [-0.25, -0.2) is 0 Å². The zero-order valence-corrected chi connectivity index (χ0v) is 20.3. The molecule has 0 bridgehead atoms. The third kappa shape index (κ3) is 2.81. The molecule has 32 heavy (non-hydrogen) atoms. The van der Waals surface area contributed by atoms with Crippen LogP contribution in [0.3, 0.4) is 0 Å². The minimum atomic E-state index is -0.686. The number of hydrogen-bond acceptors (Lipinski definition) is 5. The van der Waals surface area contributed by atoms with Gasteiger partial charge in [-0.3, -0.25) is 0 Å². The Balaban J connectivity index is 1.41. The van der Waals surface area contributed by atoms with E-state index in [1.165, 1.54) is 5.57 Å². The lowest BCUT2D eigenvalue weighted by Gasteiger charge is -2.65. The Morgan fingerprint density at radius 3 is 2.44 bits per heavy atom. The van der Waals surface area contributed by atoms with Gasteiger partial charge in [-0.15, -0.1) is 0 Å². The molecule has 1 N–H and O–H groups in total. The van der Waals surface area contributed by atoms with Crippen molar-refractivity contribution < 1.29 is 24.1 Å². The molecular weight excluding hydrogens is 404 g/mol. The minimum absolute atomic E-state index is 0.0143. The predicted octanol–water partition coefficient (Wildman–Crippen LogP) is 4.97. The molecule has 2 aliphatic heterocycles. The van der Waals surface area contributed by atoms with E-state index in [-0.39, 0.29) is 16.7 Å². The first-order chi connectivity index (χ1) is 15.3. The number of fused-ring (bicyclic) bond motifs is 6. The van der Waals surface area contributed by atoms with Crippen LogP contribution >= 0.6 is 0 Å². The van der Waals surface area contributed by atoms with Crippen molar-refractivity contribution in [1.82, 2.24) is 0 Å². The second-order valence-electron chi connectivity index (χ2n) is 12.2. The van der Waals surface area contributed by atoms with Gasteiger partial charge < -0.3 is 24.1 Å². The maximum absolute atomic E-state index is 12.6. The molecule has 2 saturated heterocycles. The normalized spacial score (nSPS) is 48.5. The molecule has 3 saturated carbocycles. The highest BCUT2D eigenvalue weighted by Gasteiger charge is 2.72. The fraction of sp³-hybridized carbons (Fsp3) is 0.926. The average molecular weight is 447 g/mol. The SMILES string of the molecule is CCCC[C@]1(O)C[C@@]2(C)[C@@H](CCC23OCCO3)[C@@H]2CC=C3CC4(CC[C@]3(C)[C@H]21)OCCO4. The van der Waals surface area contributed by atoms with Gasteiger partial charge in [-0.2, -0.15) is 0 Å². The highest BCUT2D eigenvalue weighted by atomic mass is 16.7. The van der Waals surface area contributed by atoms with Crippen LogP contribution in [0.1, 0.15) is 85.0 Å². The van der Waals surface area contributed by atoms with Gasteiger partial charge in [0.15, 0.2) is 11.6 Å². The highest BCUT2D eigenvalue weighted by Crippen LogP contribution is 2.72.